The first-order chi connectivity index (χ1) is 22.6. The average Bonchev–Trinajstić information content (AvgIpc) is 3.18. The molecule has 4 aromatic carbocycles. The third-order valence-corrected chi connectivity index (χ3v) is 8.75. The lowest BCUT2D eigenvalue weighted by Gasteiger charge is -2.32. The van der Waals surface area contributed by atoms with Crippen LogP contribution in [0.4, 0.5) is 20.2 Å². The molecule has 1 N–H and O–H groups in total. The molecule has 6 rings (SSSR count). The van der Waals surface area contributed by atoms with E-state index in [1.165, 1.54) is 11.0 Å². The lowest BCUT2D eigenvalue weighted by atomic mass is 9.96. The van der Waals surface area contributed by atoms with Gasteiger partial charge in [-0.3, -0.25) is 14.4 Å². The van der Waals surface area contributed by atoms with E-state index in [0.717, 1.165) is 22.8 Å². The fraction of sp³-hybridized carbons (Fsp3) is 0.237. The first kappa shape index (κ1) is 31.8. The van der Waals surface area contributed by atoms with Crippen LogP contribution in [0, 0.1) is 6.92 Å². The zero-order valence-electron chi connectivity index (χ0n) is 26.4. The molecule has 47 heavy (non-hydrogen) atoms. The van der Waals surface area contributed by atoms with Gasteiger partial charge in [-0.1, -0.05) is 66.2 Å². The molecule has 0 aromatic heterocycles. The summed E-state index contributed by atoms with van der Waals surface area (Å²) in [6.07, 6.45) is 0.413. The highest BCUT2D eigenvalue weighted by atomic mass is 19.3. The number of rotatable bonds is 5. The molecule has 9 heteroatoms. The predicted octanol–water partition coefficient (Wildman–Crippen LogP) is 6.76. The Morgan fingerprint density at radius 2 is 1.47 bits per heavy atom. The second-order valence-electron chi connectivity index (χ2n) is 12.1. The number of para-hydroxylation sites is 1. The molecule has 0 atom stereocenters. The molecule has 3 amide bonds. The second-order valence-corrected chi connectivity index (χ2v) is 12.1. The van der Waals surface area contributed by atoms with Crippen LogP contribution >= 0.6 is 0 Å². The minimum Gasteiger partial charge on any atom is -0.337 e. The molecule has 0 spiro atoms. The third-order valence-electron chi connectivity index (χ3n) is 8.75. The van der Waals surface area contributed by atoms with Gasteiger partial charge in [0, 0.05) is 73.2 Å². The Labute approximate surface area is 273 Å². The zero-order valence-corrected chi connectivity index (χ0v) is 26.4. The molecule has 1 saturated heterocycles. The number of piperazine rings is 1. The van der Waals surface area contributed by atoms with E-state index in [-0.39, 0.29) is 29.2 Å². The van der Waals surface area contributed by atoms with E-state index in [1.54, 1.807) is 59.5 Å². The van der Waals surface area contributed by atoms with Crippen LogP contribution in [0.2, 0.25) is 0 Å². The number of hydrogen-bond donors (Lipinski definition) is 1. The number of benzene rings is 4. The molecule has 2 aliphatic heterocycles. The van der Waals surface area contributed by atoms with Gasteiger partial charge in [0.25, 0.3) is 17.7 Å². The van der Waals surface area contributed by atoms with Crippen molar-refractivity contribution in [3.63, 3.8) is 0 Å². The first-order valence-corrected chi connectivity index (χ1v) is 15.7. The lowest BCUT2D eigenvalue weighted by Crippen LogP contribution is -2.46. The van der Waals surface area contributed by atoms with E-state index in [1.807, 2.05) is 50.4 Å². The highest BCUT2D eigenvalue weighted by Crippen LogP contribution is 2.43. The van der Waals surface area contributed by atoms with E-state index in [2.05, 4.69) is 10.2 Å². The molecule has 2 aliphatic rings. The van der Waals surface area contributed by atoms with Crippen LogP contribution in [0.3, 0.4) is 0 Å². The Bertz CT molecular complexity index is 1850. The number of amides is 3. The van der Waals surface area contributed by atoms with Crippen molar-refractivity contribution in [2.75, 3.05) is 50.0 Å². The van der Waals surface area contributed by atoms with E-state index in [0.29, 0.717) is 43.1 Å². The van der Waals surface area contributed by atoms with Crippen molar-refractivity contribution in [2.24, 2.45) is 0 Å². The van der Waals surface area contributed by atoms with Crippen molar-refractivity contribution in [1.82, 2.24) is 9.80 Å². The van der Waals surface area contributed by atoms with E-state index >= 15 is 8.78 Å². The number of aryl methyl sites for hydroxylation is 1. The first-order valence-electron chi connectivity index (χ1n) is 15.7. The molecule has 0 radical (unpaired) electrons. The summed E-state index contributed by atoms with van der Waals surface area (Å²) in [5, 5.41) is 2.91. The number of likely N-dealkylation sites (N-methyl/N-ethyl adjacent to an activating group) is 1. The number of fused-ring (bicyclic) bond motifs is 1. The number of nitrogens with one attached hydrogen (secondary N) is 1. The van der Waals surface area contributed by atoms with Gasteiger partial charge < -0.3 is 20.0 Å². The van der Waals surface area contributed by atoms with E-state index in [4.69, 9.17) is 0 Å². The molecule has 1 fully saturated rings. The van der Waals surface area contributed by atoms with E-state index in [9.17, 15) is 14.4 Å². The average molecular weight is 635 g/mol. The molecule has 0 bridgehead atoms. The van der Waals surface area contributed by atoms with Crippen LogP contribution in [-0.4, -0.2) is 73.2 Å². The van der Waals surface area contributed by atoms with Crippen molar-refractivity contribution in [3.8, 4) is 11.1 Å². The molecule has 240 valence electrons. The van der Waals surface area contributed by atoms with Crippen molar-refractivity contribution >= 4 is 34.7 Å². The van der Waals surface area contributed by atoms with E-state index < -0.39 is 24.2 Å². The maximum Gasteiger partial charge on any atom is 0.275 e. The van der Waals surface area contributed by atoms with Crippen molar-refractivity contribution < 1.29 is 23.2 Å². The van der Waals surface area contributed by atoms with Gasteiger partial charge in [0.05, 0.1) is 5.69 Å². The van der Waals surface area contributed by atoms with Crippen molar-refractivity contribution in [3.05, 3.63) is 125 Å². The number of nitrogens with zero attached hydrogens (tertiary/aromatic N) is 3. The largest absolute Gasteiger partial charge is 0.337 e. The van der Waals surface area contributed by atoms with Gasteiger partial charge in [0.15, 0.2) is 0 Å². The fourth-order valence-corrected chi connectivity index (χ4v) is 6.07. The van der Waals surface area contributed by atoms with Gasteiger partial charge in [-0.25, -0.2) is 8.78 Å². The van der Waals surface area contributed by atoms with Gasteiger partial charge in [-0.15, -0.1) is 0 Å². The van der Waals surface area contributed by atoms with Crippen LogP contribution in [-0.2, 0) is 4.79 Å². The molecular formula is C38H36F2N4O3. The summed E-state index contributed by atoms with van der Waals surface area (Å²) in [6.45, 7) is 4.04. The maximum absolute atomic E-state index is 15.7. The highest BCUT2D eigenvalue weighted by molar-refractivity contribution is 6.11. The summed E-state index contributed by atoms with van der Waals surface area (Å²) in [5.74, 6) is -4.53. The molecular weight excluding hydrogens is 598 g/mol. The van der Waals surface area contributed by atoms with Crippen LogP contribution in [0.5, 0.6) is 0 Å². The lowest BCUT2D eigenvalue weighted by molar-refractivity contribution is -0.127. The Hall–Kier alpha value is -5.15. The minimum absolute atomic E-state index is 0.155. The Morgan fingerprint density at radius 1 is 0.787 bits per heavy atom. The van der Waals surface area contributed by atoms with Crippen LogP contribution in [0.1, 0.15) is 38.3 Å². The number of anilines is 2. The van der Waals surface area contributed by atoms with Gasteiger partial charge >= 0.3 is 0 Å². The summed E-state index contributed by atoms with van der Waals surface area (Å²) in [5.41, 5.74) is 4.19. The summed E-state index contributed by atoms with van der Waals surface area (Å²) >= 11 is 0. The number of alkyl halides is 2. The predicted molar refractivity (Wildman–Crippen MR) is 181 cm³/mol. The minimum atomic E-state index is -3.32. The fourth-order valence-electron chi connectivity index (χ4n) is 6.07. The molecule has 0 saturated carbocycles. The van der Waals surface area contributed by atoms with Gasteiger partial charge in [0.2, 0.25) is 5.91 Å². The number of allylic oxidation sites excluding steroid dienone is 1. The van der Waals surface area contributed by atoms with Gasteiger partial charge in [0.1, 0.15) is 0 Å². The summed E-state index contributed by atoms with van der Waals surface area (Å²) in [6, 6.07) is 28.2. The van der Waals surface area contributed by atoms with Crippen molar-refractivity contribution in [2.45, 2.75) is 19.3 Å². The van der Waals surface area contributed by atoms with Crippen molar-refractivity contribution in [1.29, 1.82) is 0 Å². The summed E-state index contributed by atoms with van der Waals surface area (Å²) < 4.78 is 31.4. The topological polar surface area (TPSA) is 73.0 Å². The molecule has 0 aliphatic carbocycles. The SMILES string of the molecule is Cc1cccc(-c2ccccc2C(=O)Nc2ccc(C(=O)N3CCC(F)(F)C(=CC(=O)N4CCN(C)CC4)c4ccccc43)cc2)c1. The highest BCUT2D eigenvalue weighted by Gasteiger charge is 2.41. The number of hydrogen-bond acceptors (Lipinski definition) is 4. The Balaban J connectivity index is 1.22. The molecule has 0 unspecified atom stereocenters. The Kier molecular flexibility index (Phi) is 9.00. The second kappa shape index (κ2) is 13.3. The standard InChI is InChI=1S/C38H36F2N4O3/c1-26-8-7-9-28(24-26)30-10-3-4-11-31(30)36(46)41-29-16-14-27(15-17-29)37(47)44-19-18-38(39,40)33(32-12-5-6-13-34(32)44)25-35(45)43-22-20-42(2)21-23-43/h3-17,24-25H,18-23H2,1-2H3,(H,41,46). The summed E-state index contributed by atoms with van der Waals surface area (Å²) in [4.78, 5) is 45.3. The van der Waals surface area contributed by atoms with Crippen LogP contribution in [0.15, 0.2) is 103 Å². The summed E-state index contributed by atoms with van der Waals surface area (Å²) in [7, 11) is 1.96. The van der Waals surface area contributed by atoms with Crippen LogP contribution in [0.25, 0.3) is 16.7 Å². The zero-order chi connectivity index (χ0) is 33.1. The molecule has 4 aromatic rings. The molecule has 2 heterocycles. The monoisotopic (exact) mass is 634 g/mol. The number of halogens is 2. The maximum atomic E-state index is 15.7. The Morgan fingerprint density at radius 3 is 2.19 bits per heavy atom. The number of carbonyl (C=O) groups is 3. The smallest absolute Gasteiger partial charge is 0.275 e. The quantitative estimate of drug-likeness (QED) is 0.247. The van der Waals surface area contributed by atoms with Gasteiger partial charge in [-0.2, -0.15) is 0 Å². The third kappa shape index (κ3) is 6.85. The van der Waals surface area contributed by atoms with Crippen LogP contribution < -0.4 is 10.2 Å². The molecule has 7 nitrogen and oxygen atoms in total. The van der Waals surface area contributed by atoms with Gasteiger partial charge in [-0.05, 0) is 61.5 Å². The normalized spacial score (nSPS) is 17.1. The number of carbonyl (C=O) groups excluding carboxylic acids is 3.